The second kappa shape index (κ2) is 13.0. The first-order valence-electron chi connectivity index (χ1n) is 15.0. The number of hydrogen-bond acceptors (Lipinski definition) is 6. The number of furan rings is 4. The summed E-state index contributed by atoms with van der Waals surface area (Å²) in [4.78, 5) is 8.56. The molecule has 0 fully saturated rings. The van der Waals surface area contributed by atoms with Crippen LogP contribution in [-0.2, 0) is 63.3 Å². The molecule has 0 spiro atoms. The average Bonchev–Trinajstić information content (AvgIpc) is 3.90. The van der Waals surface area contributed by atoms with E-state index in [9.17, 15) is 0 Å². The van der Waals surface area contributed by atoms with E-state index >= 15 is 0 Å². The van der Waals surface area contributed by atoms with Crippen LogP contribution in [-0.4, -0.2) is 59.0 Å². The molecule has 0 unspecified atom stereocenters. The maximum Gasteiger partial charge on any atom is 0.430 e. The topological polar surface area (TPSA) is 103 Å². The molecule has 14 heteroatoms. The maximum atomic E-state index is 5.69. The summed E-state index contributed by atoms with van der Waals surface area (Å²) in [7, 11) is 7.68. The van der Waals surface area contributed by atoms with Crippen molar-refractivity contribution in [3.8, 4) is 28.2 Å². The van der Waals surface area contributed by atoms with Crippen LogP contribution in [0, 0.1) is 31.1 Å². The summed E-state index contributed by atoms with van der Waals surface area (Å²) in [5.74, 6) is 0. The molecule has 0 atom stereocenters. The molecule has 0 radical (unpaired) electrons. The largest absolute Gasteiger partial charge is 0.508 e. The van der Waals surface area contributed by atoms with Crippen LogP contribution in [0.25, 0.3) is 72.1 Å². The summed E-state index contributed by atoms with van der Waals surface area (Å²) in [5.41, 5.74) is 8.07. The summed E-state index contributed by atoms with van der Waals surface area (Å²) in [6, 6.07) is 10.6. The van der Waals surface area contributed by atoms with Crippen molar-refractivity contribution < 1.29 is 73.5 Å². The molecule has 0 aliphatic carbocycles. The standard InChI is InChI=1S/C18H13N4O2.C18H12N4O2.2Pt/c2*1-20-3-4-22(11-20)16-9-24-18-6-17-12(5-13(16)18)14(8-23-17)15-7-21(2)10-19-15;;/h4,6-9H,3H2,1-2H3;3-4,6-9H,1-2H3;;/q-1;-2;;. The Labute approximate surface area is 313 Å². The molecule has 12 nitrogen and oxygen atoms in total. The van der Waals surface area contributed by atoms with Crippen molar-refractivity contribution in [2.75, 3.05) is 13.6 Å². The molecule has 0 saturated heterocycles. The van der Waals surface area contributed by atoms with E-state index < -0.39 is 0 Å². The number of rotatable bonds is 4. The first-order chi connectivity index (χ1) is 23.4. The number of aryl methyl sites for hydroxylation is 3. The van der Waals surface area contributed by atoms with Crippen LogP contribution in [0.2, 0.25) is 0 Å². The fourth-order valence-electron chi connectivity index (χ4n) is 5.79. The van der Waals surface area contributed by atoms with Crippen molar-refractivity contribution in [2.24, 2.45) is 21.1 Å². The van der Waals surface area contributed by atoms with Gasteiger partial charge in [-0.05, 0) is 37.0 Å². The van der Waals surface area contributed by atoms with Gasteiger partial charge in [-0.3, -0.25) is 0 Å². The normalized spacial score (nSPS) is 12.6. The molecule has 8 heterocycles. The van der Waals surface area contributed by atoms with E-state index in [2.05, 4.69) is 47.4 Å². The minimum Gasteiger partial charge on any atom is -0.508 e. The zero-order valence-corrected chi connectivity index (χ0v) is 31.4. The van der Waals surface area contributed by atoms with Crippen molar-refractivity contribution in [2.45, 2.75) is 0 Å². The Morgan fingerprint density at radius 3 is 1.82 bits per heavy atom. The molecule has 0 saturated carbocycles. The Balaban J connectivity index is 0.000000151. The zero-order valence-electron chi connectivity index (χ0n) is 26.9. The molecular weight excluding hydrogens is 999 g/mol. The summed E-state index contributed by atoms with van der Waals surface area (Å²) < 4.78 is 33.9. The maximum absolute atomic E-state index is 5.69. The molecular formula is C36H25N8O4Pt2-3. The Morgan fingerprint density at radius 2 is 1.28 bits per heavy atom. The van der Waals surface area contributed by atoms with E-state index in [1.807, 2.05) is 89.6 Å². The summed E-state index contributed by atoms with van der Waals surface area (Å²) in [6.07, 6.45) is 28.7. The van der Waals surface area contributed by atoms with Crippen LogP contribution in [0.5, 0.6) is 0 Å². The van der Waals surface area contributed by atoms with E-state index in [0.717, 1.165) is 78.7 Å². The summed E-state index contributed by atoms with van der Waals surface area (Å²) in [5, 5.41) is 3.51. The van der Waals surface area contributed by atoms with Crippen molar-refractivity contribution in [3.05, 3.63) is 93.1 Å². The van der Waals surface area contributed by atoms with Crippen molar-refractivity contribution in [1.82, 2.24) is 23.7 Å². The van der Waals surface area contributed by atoms with Crippen LogP contribution in [0.3, 0.4) is 0 Å². The molecule has 50 heavy (non-hydrogen) atoms. The number of benzene rings is 2. The van der Waals surface area contributed by atoms with Gasteiger partial charge in [0.25, 0.3) is 0 Å². The van der Waals surface area contributed by atoms with E-state index in [1.54, 1.807) is 34.2 Å². The van der Waals surface area contributed by atoms with Gasteiger partial charge in [0.1, 0.15) is 19.5 Å². The van der Waals surface area contributed by atoms with Crippen LogP contribution in [0.4, 0.5) is 5.69 Å². The van der Waals surface area contributed by atoms with Gasteiger partial charge in [0.05, 0.1) is 41.3 Å². The van der Waals surface area contributed by atoms with Gasteiger partial charge in [0.15, 0.2) is 12.2 Å². The van der Waals surface area contributed by atoms with Crippen molar-refractivity contribution >= 4 is 62.1 Å². The third-order valence-corrected chi connectivity index (χ3v) is 8.14. The summed E-state index contributed by atoms with van der Waals surface area (Å²) >= 11 is 0. The SMILES string of the molecule is Cn1[c-]nc(-c2coc3cc4occ(-n5[c-][n+](C)cc5)c4[c-]c23)c1.Cn1[c-]nc(-c2coc3cc4occ([N+]5=CC[N+](C)=[C-]5)c4[c-]c23)c1.[Pt].[Pt]. The van der Waals surface area contributed by atoms with Gasteiger partial charge in [0.2, 0.25) is 6.33 Å². The molecule has 7 aromatic heterocycles. The van der Waals surface area contributed by atoms with E-state index in [-0.39, 0.29) is 42.1 Å². The van der Waals surface area contributed by atoms with Gasteiger partial charge in [-0.1, -0.05) is 33.3 Å². The average molecular weight is 1020 g/mol. The quantitative estimate of drug-likeness (QED) is 0.181. The van der Waals surface area contributed by atoms with Crippen LogP contribution in [0.1, 0.15) is 0 Å². The first-order valence-corrected chi connectivity index (χ1v) is 15.0. The van der Waals surface area contributed by atoms with Gasteiger partial charge in [0, 0.05) is 79.7 Å². The second-order valence-electron chi connectivity index (χ2n) is 11.6. The Kier molecular flexibility index (Phi) is 8.70. The fraction of sp³-hybridized carbons (Fsp3) is 0.139. The zero-order chi connectivity index (χ0) is 32.5. The van der Waals surface area contributed by atoms with Gasteiger partial charge in [-0.2, -0.15) is 0 Å². The minimum absolute atomic E-state index is 0. The number of imidazole rings is 3. The van der Waals surface area contributed by atoms with Crippen LogP contribution in [0.15, 0.2) is 79.6 Å². The van der Waals surface area contributed by atoms with Crippen LogP contribution < -0.4 is 4.57 Å². The Hall–Kier alpha value is -5.05. The molecule has 1 aliphatic heterocycles. The van der Waals surface area contributed by atoms with E-state index in [0.29, 0.717) is 5.58 Å². The minimum atomic E-state index is 0. The molecule has 9 aromatic rings. The van der Waals surface area contributed by atoms with E-state index in [4.69, 9.17) is 17.7 Å². The number of fused-ring (bicyclic) bond motifs is 4. The van der Waals surface area contributed by atoms with Gasteiger partial charge in [-0.15, -0.1) is 24.5 Å². The molecule has 256 valence electrons. The first kappa shape index (κ1) is 33.4. The second-order valence-corrected chi connectivity index (χ2v) is 11.6. The molecule has 10 rings (SSSR count). The van der Waals surface area contributed by atoms with E-state index in [1.165, 1.54) is 0 Å². The van der Waals surface area contributed by atoms with Gasteiger partial charge >= 0.3 is 6.34 Å². The number of nitrogens with zero attached hydrogens (tertiary/aromatic N) is 8. The smallest absolute Gasteiger partial charge is 0.430 e. The third-order valence-electron chi connectivity index (χ3n) is 8.14. The Bertz CT molecular complexity index is 2640. The third kappa shape index (κ3) is 5.72. The van der Waals surface area contributed by atoms with Gasteiger partial charge < -0.3 is 45.9 Å². The molecule has 1 aliphatic rings. The van der Waals surface area contributed by atoms with Crippen molar-refractivity contribution in [1.29, 1.82) is 0 Å². The predicted molar refractivity (Wildman–Crippen MR) is 173 cm³/mol. The molecule has 0 N–H and O–H groups in total. The molecule has 0 amide bonds. The monoisotopic (exact) mass is 1020 g/mol. The van der Waals surface area contributed by atoms with Gasteiger partial charge in [-0.25, -0.2) is 9.15 Å². The predicted octanol–water partition coefficient (Wildman–Crippen LogP) is 5.05. The molecule has 0 bridgehead atoms. The molecule has 2 aromatic carbocycles. The number of hydrogen-bond donors (Lipinski definition) is 0. The van der Waals surface area contributed by atoms with Crippen molar-refractivity contribution in [3.63, 3.8) is 0 Å². The number of aromatic nitrogens is 6. The Morgan fingerprint density at radius 1 is 0.720 bits per heavy atom. The van der Waals surface area contributed by atoms with Crippen LogP contribution >= 0.6 is 0 Å². The fourth-order valence-corrected chi connectivity index (χ4v) is 5.79. The summed E-state index contributed by atoms with van der Waals surface area (Å²) in [6.45, 7) is 0.815.